The summed E-state index contributed by atoms with van der Waals surface area (Å²) in [6.07, 6.45) is 6.55. The van der Waals surface area contributed by atoms with Gasteiger partial charge in [0.25, 0.3) is 0 Å². The van der Waals surface area contributed by atoms with Gasteiger partial charge >= 0.3 is 6.09 Å². The Morgan fingerprint density at radius 2 is 1.97 bits per heavy atom. The topological polar surface area (TPSA) is 102 Å². The Morgan fingerprint density at radius 1 is 1.18 bits per heavy atom. The average molecular weight is 568 g/mol. The molecule has 0 aliphatic carbocycles. The molecule has 39 heavy (non-hydrogen) atoms. The van der Waals surface area contributed by atoms with E-state index in [4.69, 9.17) is 26.4 Å². The van der Waals surface area contributed by atoms with Crippen molar-refractivity contribution in [3.63, 3.8) is 0 Å². The first-order chi connectivity index (χ1) is 18.3. The predicted molar refractivity (Wildman–Crippen MR) is 154 cm³/mol. The molecule has 1 amide bonds. The van der Waals surface area contributed by atoms with E-state index in [2.05, 4.69) is 41.8 Å². The summed E-state index contributed by atoms with van der Waals surface area (Å²) in [4.78, 5) is 32.7. The summed E-state index contributed by atoms with van der Waals surface area (Å²) in [5.74, 6) is 1.36. The van der Waals surface area contributed by atoms with E-state index in [9.17, 15) is 4.79 Å². The second-order valence-corrected chi connectivity index (χ2v) is 14.1. The smallest absolute Gasteiger partial charge is 0.410 e. The largest absolute Gasteiger partial charge is 0.444 e. The van der Waals surface area contributed by atoms with Gasteiger partial charge < -0.3 is 14.6 Å². The highest BCUT2D eigenvalue weighted by Gasteiger charge is 2.33. The SMILES string of the molecule is CC(C)(C)OC(=O)N1CCC(n2nc(-c3ccc(SC(C)(C)C)cn3)nc2Cc2c[nH]c3cnc(Cl)cc23)C1. The molecule has 4 aromatic heterocycles. The standard InChI is InChI=1S/C28H34ClN7O2S/c1-27(2,3)38-26(37)35-10-9-18(16-35)36-24(11-17-13-30-22-15-32-23(29)12-20(17)22)33-25(34-36)21-8-7-19(14-31-21)39-28(4,5)6/h7-8,12-15,18,30H,9-11,16H2,1-6H3. The van der Waals surface area contributed by atoms with Gasteiger partial charge in [-0.3, -0.25) is 4.98 Å². The summed E-state index contributed by atoms with van der Waals surface area (Å²) in [5.41, 5.74) is 2.11. The maximum absolute atomic E-state index is 12.7. The molecule has 1 fully saturated rings. The Morgan fingerprint density at radius 3 is 2.67 bits per heavy atom. The van der Waals surface area contributed by atoms with Gasteiger partial charge in [0.1, 0.15) is 22.3 Å². The zero-order valence-electron chi connectivity index (χ0n) is 23.2. The number of rotatable bonds is 5. The number of nitrogens with one attached hydrogen (secondary N) is 1. The van der Waals surface area contributed by atoms with Crippen LogP contribution in [0.3, 0.4) is 0 Å². The van der Waals surface area contributed by atoms with Gasteiger partial charge in [0.2, 0.25) is 0 Å². The number of aromatic nitrogens is 6. The fourth-order valence-corrected chi connectivity index (χ4v) is 5.71. The average Bonchev–Trinajstić information content (AvgIpc) is 3.57. The number of H-pyrrole nitrogens is 1. The lowest BCUT2D eigenvalue weighted by atomic mass is 10.1. The number of likely N-dealkylation sites (tertiary alicyclic amines) is 1. The molecule has 5 heterocycles. The predicted octanol–water partition coefficient (Wildman–Crippen LogP) is 6.53. The second kappa shape index (κ2) is 10.5. The molecule has 206 valence electrons. The fourth-order valence-electron chi connectivity index (χ4n) is 4.61. The normalized spacial score (nSPS) is 16.3. The molecule has 1 aliphatic heterocycles. The Bertz CT molecular complexity index is 1480. The number of fused-ring (bicyclic) bond motifs is 1. The summed E-state index contributed by atoms with van der Waals surface area (Å²) in [6, 6.07) is 5.86. The molecule has 1 saturated heterocycles. The highest BCUT2D eigenvalue weighted by atomic mass is 35.5. The summed E-state index contributed by atoms with van der Waals surface area (Å²) in [5, 5.41) is 6.35. The molecule has 0 saturated carbocycles. The lowest BCUT2D eigenvalue weighted by molar-refractivity contribution is 0.0288. The first-order valence-electron chi connectivity index (χ1n) is 13.0. The fraction of sp³-hybridized carbons (Fsp3) is 0.464. The van der Waals surface area contributed by atoms with Crippen LogP contribution < -0.4 is 0 Å². The Kier molecular flexibility index (Phi) is 7.37. The Balaban J connectivity index is 1.46. The molecule has 11 heteroatoms. The van der Waals surface area contributed by atoms with Gasteiger partial charge in [0.05, 0.1) is 17.8 Å². The van der Waals surface area contributed by atoms with Crippen LogP contribution in [0.4, 0.5) is 4.79 Å². The molecular formula is C28H34ClN7O2S. The summed E-state index contributed by atoms with van der Waals surface area (Å²) in [7, 11) is 0. The van der Waals surface area contributed by atoms with E-state index < -0.39 is 5.60 Å². The maximum atomic E-state index is 12.7. The van der Waals surface area contributed by atoms with E-state index in [0.717, 1.165) is 33.6 Å². The van der Waals surface area contributed by atoms with Crippen LogP contribution in [0, 0.1) is 0 Å². The number of hydrogen-bond acceptors (Lipinski definition) is 7. The number of amides is 1. The molecule has 9 nitrogen and oxygen atoms in total. The summed E-state index contributed by atoms with van der Waals surface area (Å²) < 4.78 is 7.66. The van der Waals surface area contributed by atoms with Crippen molar-refractivity contribution in [2.45, 2.75) is 75.7 Å². The maximum Gasteiger partial charge on any atom is 0.410 e. The molecule has 1 aliphatic rings. The van der Waals surface area contributed by atoms with Crippen LogP contribution in [0.25, 0.3) is 22.4 Å². The minimum atomic E-state index is -0.546. The van der Waals surface area contributed by atoms with Crippen LogP contribution >= 0.6 is 23.4 Å². The van der Waals surface area contributed by atoms with Crippen molar-refractivity contribution in [1.82, 2.24) is 34.6 Å². The molecule has 1 N–H and O–H groups in total. The number of nitrogens with zero attached hydrogens (tertiary/aromatic N) is 6. The molecule has 1 unspecified atom stereocenters. The molecule has 0 spiro atoms. The lowest BCUT2D eigenvalue weighted by Crippen LogP contribution is -2.35. The van der Waals surface area contributed by atoms with Gasteiger partial charge in [-0.05, 0) is 51.0 Å². The van der Waals surface area contributed by atoms with Crippen LogP contribution in [0.15, 0.2) is 41.7 Å². The Hall–Kier alpha value is -3.11. The number of carbonyl (C=O) groups excluding carboxylic acids is 1. The zero-order valence-corrected chi connectivity index (χ0v) is 24.7. The minimum absolute atomic E-state index is 0.0278. The number of aromatic amines is 1. The van der Waals surface area contributed by atoms with Crippen molar-refractivity contribution in [1.29, 1.82) is 0 Å². The molecular weight excluding hydrogens is 534 g/mol. The number of hydrogen-bond donors (Lipinski definition) is 1. The van der Waals surface area contributed by atoms with Gasteiger partial charge in [-0.25, -0.2) is 19.4 Å². The molecule has 1 atom stereocenters. The number of pyridine rings is 2. The first kappa shape index (κ1) is 27.5. The van der Waals surface area contributed by atoms with Crippen LogP contribution in [0.2, 0.25) is 5.15 Å². The zero-order chi connectivity index (χ0) is 27.9. The number of halogens is 1. The van der Waals surface area contributed by atoms with Gasteiger partial charge in [0.15, 0.2) is 5.82 Å². The molecule has 0 bridgehead atoms. The van der Waals surface area contributed by atoms with Crippen LogP contribution in [-0.2, 0) is 11.2 Å². The third kappa shape index (κ3) is 6.55. The quantitative estimate of drug-likeness (QED) is 0.216. The van der Waals surface area contributed by atoms with Crippen molar-refractivity contribution in [2.24, 2.45) is 0 Å². The van der Waals surface area contributed by atoms with E-state index in [1.54, 1.807) is 22.9 Å². The van der Waals surface area contributed by atoms with E-state index in [0.29, 0.717) is 36.2 Å². The van der Waals surface area contributed by atoms with Gasteiger partial charge in [-0.2, -0.15) is 0 Å². The van der Waals surface area contributed by atoms with Gasteiger partial charge in [0, 0.05) is 46.9 Å². The van der Waals surface area contributed by atoms with E-state index >= 15 is 0 Å². The van der Waals surface area contributed by atoms with Crippen molar-refractivity contribution in [3.8, 4) is 11.5 Å². The second-order valence-electron chi connectivity index (χ2n) is 11.8. The van der Waals surface area contributed by atoms with Crippen molar-refractivity contribution in [2.75, 3.05) is 13.1 Å². The Labute approximate surface area is 237 Å². The van der Waals surface area contributed by atoms with Gasteiger partial charge in [-0.15, -0.1) is 16.9 Å². The summed E-state index contributed by atoms with van der Waals surface area (Å²) in [6.45, 7) is 13.3. The van der Waals surface area contributed by atoms with E-state index in [1.807, 2.05) is 50.0 Å². The molecule has 4 aromatic rings. The van der Waals surface area contributed by atoms with Gasteiger partial charge in [-0.1, -0.05) is 32.4 Å². The van der Waals surface area contributed by atoms with E-state index in [1.165, 1.54) is 0 Å². The first-order valence-corrected chi connectivity index (χ1v) is 14.2. The highest BCUT2D eigenvalue weighted by Crippen LogP contribution is 2.33. The number of carbonyl (C=O) groups is 1. The van der Waals surface area contributed by atoms with Crippen molar-refractivity contribution >= 4 is 40.4 Å². The van der Waals surface area contributed by atoms with Crippen molar-refractivity contribution in [3.05, 3.63) is 53.3 Å². The highest BCUT2D eigenvalue weighted by molar-refractivity contribution is 8.00. The van der Waals surface area contributed by atoms with Crippen molar-refractivity contribution < 1.29 is 9.53 Å². The minimum Gasteiger partial charge on any atom is -0.444 e. The summed E-state index contributed by atoms with van der Waals surface area (Å²) >= 11 is 7.96. The van der Waals surface area contributed by atoms with Crippen LogP contribution in [-0.4, -0.2) is 64.1 Å². The monoisotopic (exact) mass is 567 g/mol. The van der Waals surface area contributed by atoms with E-state index in [-0.39, 0.29) is 16.9 Å². The molecule has 0 aromatic carbocycles. The lowest BCUT2D eigenvalue weighted by Gasteiger charge is -2.24. The molecule has 0 radical (unpaired) electrons. The number of ether oxygens (including phenoxy) is 1. The molecule has 5 rings (SSSR count). The third-order valence-corrected chi connectivity index (χ3v) is 7.52. The van der Waals surface area contributed by atoms with Crippen LogP contribution in [0.5, 0.6) is 0 Å². The number of thioether (sulfide) groups is 1. The van der Waals surface area contributed by atoms with Crippen LogP contribution in [0.1, 0.15) is 65.4 Å². The third-order valence-electron chi connectivity index (χ3n) is 6.22.